The molecule has 1 aromatic carbocycles. The average molecular weight is 202 g/mol. The van der Waals surface area contributed by atoms with Crippen LogP contribution in [0.1, 0.15) is 35.7 Å². The Kier molecular flexibility index (Phi) is 2.58. The molecule has 0 amide bonds. The molecule has 0 aliphatic heterocycles. The average Bonchev–Trinajstić information content (AvgIpc) is 2.56. The van der Waals surface area contributed by atoms with Crippen LogP contribution in [0.4, 0.5) is 0 Å². The first-order valence-corrected chi connectivity index (χ1v) is 5.19. The first-order chi connectivity index (χ1) is 7.26. The summed E-state index contributed by atoms with van der Waals surface area (Å²) in [5.74, 6) is 0.932. The fraction of sp³-hybridized carbons (Fsp3) is 0.308. The van der Waals surface area contributed by atoms with Crippen LogP contribution >= 0.6 is 0 Å². The van der Waals surface area contributed by atoms with Gasteiger partial charge >= 0.3 is 0 Å². The number of benzene rings is 1. The normalized spacial score (nSPS) is 13.7. The lowest BCUT2D eigenvalue weighted by Crippen LogP contribution is -1.92. The molecule has 78 valence electrons. The number of carbonyl (C=O) groups is 1. The third-order valence-corrected chi connectivity index (χ3v) is 2.66. The Morgan fingerprint density at radius 2 is 2.07 bits per heavy atom. The van der Waals surface area contributed by atoms with Crippen LogP contribution in [-0.2, 0) is 0 Å². The molecule has 0 aromatic heterocycles. The van der Waals surface area contributed by atoms with E-state index in [4.69, 9.17) is 4.74 Å². The Morgan fingerprint density at radius 1 is 1.27 bits per heavy atom. The summed E-state index contributed by atoms with van der Waals surface area (Å²) in [6.07, 6.45) is 3.75. The number of allylic oxidation sites excluding steroid dienone is 2. The van der Waals surface area contributed by atoms with Crippen molar-refractivity contribution in [3.8, 4) is 5.75 Å². The molecule has 1 aliphatic carbocycles. The Labute approximate surface area is 89.6 Å². The predicted octanol–water partition coefficient (Wildman–Crippen LogP) is 3.08. The summed E-state index contributed by atoms with van der Waals surface area (Å²) < 4.78 is 5.16. The van der Waals surface area contributed by atoms with Crippen LogP contribution in [0.3, 0.4) is 0 Å². The Bertz CT molecular complexity index is 430. The first kappa shape index (κ1) is 9.97. The number of rotatable bonds is 3. The standard InChI is InChI=1S/C13H14O2/c1-3-4-9-7-13(14)11-6-5-10(15-2)8-12(9)11/h5-8H,3-4H2,1-2H3. The van der Waals surface area contributed by atoms with Crippen LogP contribution in [0.2, 0.25) is 0 Å². The molecular formula is C13H14O2. The van der Waals surface area contributed by atoms with E-state index in [2.05, 4.69) is 6.92 Å². The van der Waals surface area contributed by atoms with E-state index >= 15 is 0 Å². The van der Waals surface area contributed by atoms with E-state index in [0.29, 0.717) is 0 Å². The maximum Gasteiger partial charge on any atom is 0.186 e. The van der Waals surface area contributed by atoms with Crippen molar-refractivity contribution in [3.63, 3.8) is 0 Å². The maximum absolute atomic E-state index is 11.6. The van der Waals surface area contributed by atoms with Crippen molar-refractivity contribution < 1.29 is 9.53 Å². The number of hydrogen-bond donors (Lipinski definition) is 0. The molecule has 0 atom stereocenters. The molecule has 1 aromatic rings. The van der Waals surface area contributed by atoms with Crippen molar-refractivity contribution in [3.05, 3.63) is 35.4 Å². The second kappa shape index (κ2) is 3.89. The van der Waals surface area contributed by atoms with Gasteiger partial charge in [-0.1, -0.05) is 13.3 Å². The van der Waals surface area contributed by atoms with Gasteiger partial charge in [-0.05, 0) is 41.8 Å². The van der Waals surface area contributed by atoms with Crippen LogP contribution in [0.15, 0.2) is 24.3 Å². The summed E-state index contributed by atoms with van der Waals surface area (Å²) in [4.78, 5) is 11.6. The van der Waals surface area contributed by atoms with Crippen molar-refractivity contribution >= 4 is 11.4 Å². The molecule has 2 nitrogen and oxygen atoms in total. The molecular weight excluding hydrogens is 188 g/mol. The van der Waals surface area contributed by atoms with E-state index < -0.39 is 0 Å². The van der Waals surface area contributed by atoms with Crippen LogP contribution in [-0.4, -0.2) is 12.9 Å². The molecule has 0 saturated carbocycles. The van der Waals surface area contributed by atoms with Gasteiger partial charge in [0.15, 0.2) is 5.78 Å². The minimum absolute atomic E-state index is 0.121. The van der Waals surface area contributed by atoms with Crippen molar-refractivity contribution in [1.29, 1.82) is 0 Å². The monoisotopic (exact) mass is 202 g/mol. The van der Waals surface area contributed by atoms with Gasteiger partial charge < -0.3 is 4.74 Å². The summed E-state index contributed by atoms with van der Waals surface area (Å²) in [5.41, 5.74) is 2.98. The van der Waals surface area contributed by atoms with E-state index in [-0.39, 0.29) is 5.78 Å². The van der Waals surface area contributed by atoms with Crippen LogP contribution in [0.5, 0.6) is 5.75 Å². The molecule has 0 bridgehead atoms. The number of methoxy groups -OCH3 is 1. The number of fused-ring (bicyclic) bond motifs is 1. The second-order valence-corrected chi connectivity index (χ2v) is 3.70. The molecule has 0 N–H and O–H groups in total. The fourth-order valence-corrected chi connectivity index (χ4v) is 1.92. The topological polar surface area (TPSA) is 26.3 Å². The maximum atomic E-state index is 11.6. The zero-order valence-electron chi connectivity index (χ0n) is 9.04. The van der Waals surface area contributed by atoms with E-state index in [9.17, 15) is 4.79 Å². The van der Waals surface area contributed by atoms with Gasteiger partial charge in [0.05, 0.1) is 7.11 Å². The number of ketones is 1. The van der Waals surface area contributed by atoms with E-state index in [1.165, 1.54) is 0 Å². The molecule has 15 heavy (non-hydrogen) atoms. The van der Waals surface area contributed by atoms with Crippen molar-refractivity contribution in [2.24, 2.45) is 0 Å². The van der Waals surface area contributed by atoms with Crippen molar-refractivity contribution in [2.45, 2.75) is 19.8 Å². The quantitative estimate of drug-likeness (QED) is 0.753. The summed E-state index contributed by atoms with van der Waals surface area (Å²) in [6.45, 7) is 2.11. The highest BCUT2D eigenvalue weighted by Gasteiger charge is 2.20. The Hall–Kier alpha value is -1.57. The third-order valence-electron chi connectivity index (χ3n) is 2.66. The zero-order valence-corrected chi connectivity index (χ0v) is 9.04. The van der Waals surface area contributed by atoms with Crippen molar-refractivity contribution in [1.82, 2.24) is 0 Å². The lowest BCUT2D eigenvalue weighted by atomic mass is 10.0. The lowest BCUT2D eigenvalue weighted by molar-refractivity contribution is 0.105. The number of ether oxygens (including phenoxy) is 1. The van der Waals surface area contributed by atoms with Gasteiger partial charge in [-0.3, -0.25) is 4.79 Å². The van der Waals surface area contributed by atoms with Crippen LogP contribution < -0.4 is 4.74 Å². The highest BCUT2D eigenvalue weighted by Crippen LogP contribution is 2.33. The minimum Gasteiger partial charge on any atom is -0.497 e. The van der Waals surface area contributed by atoms with Crippen molar-refractivity contribution in [2.75, 3.05) is 7.11 Å². The predicted molar refractivity (Wildman–Crippen MR) is 60.2 cm³/mol. The Morgan fingerprint density at radius 3 is 2.73 bits per heavy atom. The highest BCUT2D eigenvalue weighted by molar-refractivity contribution is 6.16. The largest absolute Gasteiger partial charge is 0.497 e. The third kappa shape index (κ3) is 1.67. The van der Waals surface area contributed by atoms with Gasteiger partial charge in [0, 0.05) is 5.56 Å². The van der Waals surface area contributed by atoms with E-state index in [1.54, 1.807) is 13.2 Å². The first-order valence-electron chi connectivity index (χ1n) is 5.19. The summed E-state index contributed by atoms with van der Waals surface area (Å²) in [7, 11) is 1.64. The molecule has 0 spiro atoms. The fourth-order valence-electron chi connectivity index (χ4n) is 1.92. The molecule has 0 saturated heterocycles. The summed E-state index contributed by atoms with van der Waals surface area (Å²) >= 11 is 0. The highest BCUT2D eigenvalue weighted by atomic mass is 16.5. The second-order valence-electron chi connectivity index (χ2n) is 3.70. The number of hydrogen-bond acceptors (Lipinski definition) is 2. The minimum atomic E-state index is 0.121. The molecule has 2 rings (SSSR count). The van der Waals surface area contributed by atoms with Crippen LogP contribution in [0, 0.1) is 0 Å². The van der Waals surface area contributed by atoms with E-state index in [1.807, 2.05) is 18.2 Å². The van der Waals surface area contributed by atoms with E-state index in [0.717, 1.165) is 35.3 Å². The molecule has 0 radical (unpaired) electrons. The van der Waals surface area contributed by atoms with Gasteiger partial charge in [-0.2, -0.15) is 0 Å². The summed E-state index contributed by atoms with van der Waals surface area (Å²) in [6, 6.07) is 5.62. The number of carbonyl (C=O) groups excluding carboxylic acids is 1. The van der Waals surface area contributed by atoms with Gasteiger partial charge in [-0.25, -0.2) is 0 Å². The zero-order chi connectivity index (χ0) is 10.8. The lowest BCUT2D eigenvalue weighted by Gasteiger charge is -2.06. The van der Waals surface area contributed by atoms with Gasteiger partial charge in [0.2, 0.25) is 0 Å². The molecule has 1 aliphatic rings. The molecule has 0 heterocycles. The smallest absolute Gasteiger partial charge is 0.186 e. The molecule has 0 unspecified atom stereocenters. The van der Waals surface area contributed by atoms with Gasteiger partial charge in [0.1, 0.15) is 5.75 Å². The Balaban J connectivity index is 2.45. The SMILES string of the molecule is CCCC1=CC(=O)c2ccc(OC)cc21. The van der Waals surface area contributed by atoms with Gasteiger partial charge in [0.25, 0.3) is 0 Å². The van der Waals surface area contributed by atoms with Gasteiger partial charge in [-0.15, -0.1) is 0 Å². The van der Waals surface area contributed by atoms with Crippen LogP contribution in [0.25, 0.3) is 5.57 Å². The molecule has 2 heteroatoms. The molecule has 0 fully saturated rings. The summed E-state index contributed by atoms with van der Waals surface area (Å²) in [5, 5.41) is 0.